The maximum Gasteiger partial charge on any atom is 2.00 e. The van der Waals surface area contributed by atoms with E-state index in [2.05, 4.69) is 54.6 Å². The van der Waals surface area contributed by atoms with Gasteiger partial charge in [0.1, 0.15) is 11.4 Å². The molecule has 6 aromatic heterocycles. The number of unbranched alkanes of at least 4 members (excludes halogenated alkanes) is 2. The van der Waals surface area contributed by atoms with Crippen LogP contribution in [0.4, 0.5) is 0 Å². The Morgan fingerprint density at radius 1 is 0.612 bits per heavy atom. The van der Waals surface area contributed by atoms with E-state index in [1.807, 2.05) is 12.4 Å². The van der Waals surface area contributed by atoms with Crippen LogP contribution >= 0.6 is 0 Å². The summed E-state index contributed by atoms with van der Waals surface area (Å²) < 4.78 is 84.9. The number of carbonyl (C=O) groups is 2. The summed E-state index contributed by atoms with van der Waals surface area (Å²) in [5.41, 5.74) is 3.13. The molecule has 26 nitrogen and oxygen atoms in total. The third-order valence-electron chi connectivity index (χ3n) is 7.21. The predicted octanol–water partition coefficient (Wildman–Crippen LogP) is -3.45. The van der Waals surface area contributed by atoms with Gasteiger partial charge in [-0.25, -0.2) is 66.2 Å². The zero-order valence-corrected chi connectivity index (χ0v) is 39.5. The van der Waals surface area contributed by atoms with Crippen LogP contribution in [-0.2, 0) is 39.6 Å². The van der Waals surface area contributed by atoms with E-state index in [1.165, 1.54) is 13.8 Å². The van der Waals surface area contributed by atoms with E-state index >= 15 is 0 Å². The number of pyridine rings is 2. The van der Waals surface area contributed by atoms with Crippen LogP contribution in [0.5, 0.6) is 0 Å². The van der Waals surface area contributed by atoms with Crippen molar-refractivity contribution in [3.8, 4) is 46.5 Å². The average molecular weight is 1020 g/mol. The number of carbonyl (C=O) groups excluding carboxylic acids is 2. The molecule has 0 amide bonds. The summed E-state index contributed by atoms with van der Waals surface area (Å²) >= 11 is 0. The van der Waals surface area contributed by atoms with Gasteiger partial charge in [-0.05, 0) is 63.1 Å². The maximum absolute atomic E-state index is 12.2. The predicted molar refractivity (Wildman–Crippen MR) is 205 cm³/mol. The zero-order valence-electron chi connectivity index (χ0n) is 36.9. The van der Waals surface area contributed by atoms with Crippen LogP contribution in [0.25, 0.3) is 34.4 Å². The third-order valence-corrected chi connectivity index (χ3v) is 7.21. The quantitative estimate of drug-likeness (QED) is 0.0756. The molecule has 0 saturated heterocycles. The molecule has 0 bridgehead atoms. The smallest absolute Gasteiger partial charge is 0.462 e. The van der Waals surface area contributed by atoms with Gasteiger partial charge in [0.05, 0.1) is 60.3 Å². The van der Waals surface area contributed by atoms with Crippen molar-refractivity contribution in [1.82, 2.24) is 59.5 Å². The van der Waals surface area contributed by atoms with Crippen molar-refractivity contribution in [3.05, 3.63) is 84.7 Å². The van der Waals surface area contributed by atoms with E-state index in [4.69, 9.17) is 57.3 Å². The number of hydrogen-bond acceptors (Lipinski definition) is 22. The minimum absolute atomic E-state index is 0. The van der Waals surface area contributed by atoms with Crippen LogP contribution in [0, 0.1) is 43.1 Å². The Bertz CT molecular complexity index is 2220. The topological polar surface area (TPSA) is 408 Å². The second-order valence-electron chi connectivity index (χ2n) is 12.2. The normalized spacial score (nSPS) is 10.1. The van der Waals surface area contributed by atoms with Crippen molar-refractivity contribution in [1.29, 1.82) is 10.5 Å². The van der Waals surface area contributed by atoms with Gasteiger partial charge in [0, 0.05) is 51.7 Å². The monoisotopic (exact) mass is 1020 g/mol. The zero-order chi connectivity index (χ0) is 49.7. The van der Waals surface area contributed by atoms with E-state index < -0.39 is 32.4 Å². The van der Waals surface area contributed by atoms with Gasteiger partial charge in [0.15, 0.2) is 11.6 Å². The second kappa shape index (κ2) is 32.4. The average Bonchev–Trinajstić information content (AvgIpc) is 4.11. The van der Waals surface area contributed by atoms with Gasteiger partial charge in [-0.15, -0.1) is 30.7 Å². The van der Waals surface area contributed by atoms with E-state index in [-0.39, 0.29) is 17.1 Å². The number of halogens is 2. The van der Waals surface area contributed by atoms with Crippen molar-refractivity contribution in [2.45, 2.75) is 80.3 Å². The Kier molecular flexibility index (Phi) is 29.3. The Labute approximate surface area is 399 Å². The Hall–Kier alpha value is -6.30. The SMILES string of the molecule is CC#N.CC#N.CCCCn1cc(-c2cc(C(=O)OCC)cc(-n3cccn3)n2)nn1.CCCCn1cc(-c2cc(C(=O)OCC)cc(-n3cccn3)n2)nn1.[Fe+2].[O-][Cl+3]([O-])([O-])[O-].[O-][Cl+3]([O-])([O-])[O-]. The van der Waals surface area contributed by atoms with Gasteiger partial charge in [0.2, 0.25) is 0 Å². The van der Waals surface area contributed by atoms with Crippen LogP contribution in [0.15, 0.2) is 73.6 Å². The number of rotatable bonds is 14. The number of esters is 2. The molecule has 0 aromatic carbocycles. The van der Waals surface area contributed by atoms with Crippen LogP contribution in [0.2, 0.25) is 0 Å². The van der Waals surface area contributed by atoms with Crippen molar-refractivity contribution in [3.63, 3.8) is 0 Å². The number of aromatic nitrogens is 12. The van der Waals surface area contributed by atoms with Gasteiger partial charge in [-0.3, -0.25) is 9.36 Å². The molecule has 0 fully saturated rings. The van der Waals surface area contributed by atoms with Gasteiger partial charge in [-0.2, -0.15) is 20.7 Å². The molecule has 6 heterocycles. The molecular formula is C38H46Cl2FeN14O12. The first kappa shape index (κ1) is 60.7. The largest absolute Gasteiger partial charge is 2.00 e. The molecule has 67 heavy (non-hydrogen) atoms. The molecule has 6 rings (SSSR count). The fourth-order valence-electron chi connectivity index (χ4n) is 4.69. The summed E-state index contributed by atoms with van der Waals surface area (Å²) in [7, 11) is -9.89. The van der Waals surface area contributed by atoms with E-state index in [9.17, 15) is 9.59 Å². The first-order chi connectivity index (χ1) is 31.2. The molecule has 0 spiro atoms. The van der Waals surface area contributed by atoms with Crippen LogP contribution < -0.4 is 37.3 Å². The fourth-order valence-corrected chi connectivity index (χ4v) is 4.69. The third kappa shape index (κ3) is 25.8. The summed E-state index contributed by atoms with van der Waals surface area (Å²) in [6.45, 7) is 12.9. The minimum atomic E-state index is -4.94. The number of hydrogen-bond donors (Lipinski definition) is 0. The molecule has 0 saturated carbocycles. The van der Waals surface area contributed by atoms with Gasteiger partial charge < -0.3 is 9.47 Å². The number of aryl methyl sites for hydroxylation is 2. The van der Waals surface area contributed by atoms with Gasteiger partial charge in [-0.1, -0.05) is 37.1 Å². The van der Waals surface area contributed by atoms with Crippen molar-refractivity contribution in [2.75, 3.05) is 13.2 Å². The van der Waals surface area contributed by atoms with Crippen molar-refractivity contribution >= 4 is 11.9 Å². The molecule has 362 valence electrons. The van der Waals surface area contributed by atoms with Gasteiger partial charge >= 0.3 is 29.0 Å². The Balaban J connectivity index is 0.000000975. The van der Waals surface area contributed by atoms with Gasteiger partial charge in [0.25, 0.3) is 0 Å². The molecule has 29 heteroatoms. The molecule has 0 aliphatic heterocycles. The molecule has 0 N–H and O–H groups in total. The van der Waals surface area contributed by atoms with E-state index in [1.54, 1.807) is 106 Å². The summed E-state index contributed by atoms with van der Waals surface area (Å²) in [5, 5.41) is 39.6. The number of ether oxygens (including phenoxy) is 2. The number of nitriles is 2. The summed E-state index contributed by atoms with van der Waals surface area (Å²) in [6.07, 6.45) is 14.7. The molecule has 0 unspecified atom stereocenters. The standard InChI is InChI=1S/2C17H20N6O2.2C2H3N.2ClHO4.Fe/c2*1-3-5-8-22-12-15(20-21-22)14-10-13(17(24)25-4-2)11-16(19-14)23-9-6-7-18-23;2*1-2-3;2*2-1(3,4)5;/h2*6-7,9-12H,3-5,8H2,1-2H3;2*1H3;2*(H,2,3,4,5);/q;;;;;;+2/p-2. The minimum Gasteiger partial charge on any atom is -0.462 e. The Morgan fingerprint density at radius 3 is 1.21 bits per heavy atom. The van der Waals surface area contributed by atoms with Crippen LogP contribution in [0.1, 0.15) is 87.9 Å². The van der Waals surface area contributed by atoms with Crippen molar-refractivity contribution in [2.24, 2.45) is 0 Å². The molecule has 0 aliphatic carbocycles. The van der Waals surface area contributed by atoms with E-state index in [0.29, 0.717) is 58.8 Å². The van der Waals surface area contributed by atoms with E-state index in [0.717, 1.165) is 38.8 Å². The molecule has 0 atom stereocenters. The van der Waals surface area contributed by atoms with Crippen molar-refractivity contribution < 1.29 is 93.9 Å². The molecule has 0 radical (unpaired) electrons. The molecule has 6 aromatic rings. The number of nitrogens with zero attached hydrogens (tertiary/aromatic N) is 14. The Morgan fingerprint density at radius 2 is 0.940 bits per heavy atom. The summed E-state index contributed by atoms with van der Waals surface area (Å²) in [5.74, 6) is 0.234. The second-order valence-corrected chi connectivity index (χ2v) is 13.7. The summed E-state index contributed by atoms with van der Waals surface area (Å²) in [4.78, 5) is 33.5. The molecule has 0 aliphatic rings. The van der Waals surface area contributed by atoms with Crippen LogP contribution in [-0.4, -0.2) is 84.7 Å². The van der Waals surface area contributed by atoms with Crippen LogP contribution in [0.3, 0.4) is 0 Å². The first-order valence-corrected chi connectivity index (χ1v) is 21.8. The molecular weight excluding hydrogens is 971 g/mol. The maximum atomic E-state index is 12.2. The summed E-state index contributed by atoms with van der Waals surface area (Å²) in [6, 6.07) is 13.7. The first-order valence-electron chi connectivity index (χ1n) is 19.3. The fraction of sp³-hybridized carbons (Fsp3) is 0.368.